The Hall–Kier alpha value is -1.35. The van der Waals surface area contributed by atoms with E-state index >= 15 is 0 Å². The average Bonchev–Trinajstić information content (AvgIpc) is 2.35. The van der Waals surface area contributed by atoms with Gasteiger partial charge in [0, 0.05) is 17.1 Å². The molecule has 1 aromatic carbocycles. The van der Waals surface area contributed by atoms with Crippen LogP contribution in [0.2, 0.25) is 0 Å². The zero-order valence-electron chi connectivity index (χ0n) is 10.6. The van der Waals surface area contributed by atoms with Gasteiger partial charge >= 0.3 is 0 Å². The Labute approximate surface area is 115 Å². The zero-order valence-corrected chi connectivity index (χ0v) is 12.2. The first-order valence-electron chi connectivity index (χ1n) is 5.92. The van der Waals surface area contributed by atoms with E-state index in [0.29, 0.717) is 11.9 Å². The fourth-order valence-corrected chi connectivity index (χ4v) is 2.28. The number of nitrogens with zero attached hydrogens (tertiary/aromatic N) is 1. The van der Waals surface area contributed by atoms with E-state index in [1.807, 2.05) is 13.0 Å². The van der Waals surface area contributed by atoms with Gasteiger partial charge in [0.05, 0.1) is 6.54 Å². The molecule has 0 aliphatic carbocycles. The molecular formula is C15H16BrNO. The highest BCUT2D eigenvalue weighted by Gasteiger charge is 2.03. The fraction of sp³-hybridized carbons (Fsp3) is 0.267. The predicted molar refractivity (Wildman–Crippen MR) is 78.4 cm³/mol. The molecule has 18 heavy (non-hydrogen) atoms. The summed E-state index contributed by atoms with van der Waals surface area (Å²) in [5.74, 6) is 0. The number of alkyl halides is 1. The number of rotatable bonds is 3. The number of benzene rings is 1. The Morgan fingerprint density at radius 3 is 2.28 bits per heavy atom. The highest BCUT2D eigenvalue weighted by molar-refractivity contribution is 9.08. The van der Waals surface area contributed by atoms with Crippen LogP contribution in [0, 0.1) is 13.8 Å². The van der Waals surface area contributed by atoms with Gasteiger partial charge in [0.25, 0.3) is 5.56 Å². The third kappa shape index (κ3) is 2.91. The second-order valence-electron chi connectivity index (χ2n) is 4.55. The summed E-state index contributed by atoms with van der Waals surface area (Å²) < 4.78 is 1.80. The fourth-order valence-electron chi connectivity index (χ4n) is 1.95. The van der Waals surface area contributed by atoms with E-state index in [1.54, 1.807) is 10.6 Å². The van der Waals surface area contributed by atoms with E-state index in [4.69, 9.17) is 0 Å². The highest BCUT2D eigenvalue weighted by atomic mass is 79.9. The van der Waals surface area contributed by atoms with Crippen molar-refractivity contribution in [1.82, 2.24) is 4.57 Å². The van der Waals surface area contributed by atoms with E-state index in [0.717, 1.165) is 16.8 Å². The summed E-state index contributed by atoms with van der Waals surface area (Å²) in [6.45, 7) is 4.67. The van der Waals surface area contributed by atoms with Crippen molar-refractivity contribution in [3.05, 3.63) is 69.1 Å². The normalized spacial score (nSPS) is 10.6. The minimum Gasteiger partial charge on any atom is -0.309 e. The third-order valence-corrected chi connectivity index (χ3v) is 3.66. The maximum absolute atomic E-state index is 12.0. The van der Waals surface area contributed by atoms with Crippen LogP contribution in [-0.4, -0.2) is 4.57 Å². The van der Waals surface area contributed by atoms with Crippen molar-refractivity contribution in [3.63, 3.8) is 0 Å². The van der Waals surface area contributed by atoms with Crippen molar-refractivity contribution in [2.24, 2.45) is 0 Å². The monoisotopic (exact) mass is 305 g/mol. The maximum Gasteiger partial charge on any atom is 0.251 e. The van der Waals surface area contributed by atoms with Crippen LogP contribution in [0.3, 0.4) is 0 Å². The molecule has 0 saturated heterocycles. The van der Waals surface area contributed by atoms with Crippen LogP contribution in [0.1, 0.15) is 22.4 Å². The Balaban J connectivity index is 2.35. The largest absolute Gasteiger partial charge is 0.309 e. The van der Waals surface area contributed by atoms with Crippen LogP contribution >= 0.6 is 15.9 Å². The molecule has 0 radical (unpaired) electrons. The lowest BCUT2D eigenvalue weighted by Crippen LogP contribution is -2.22. The molecule has 0 bridgehead atoms. The minimum absolute atomic E-state index is 0.0602. The zero-order chi connectivity index (χ0) is 13.1. The first-order valence-corrected chi connectivity index (χ1v) is 7.04. The molecule has 2 nitrogen and oxygen atoms in total. The first kappa shape index (κ1) is 13.1. The summed E-state index contributed by atoms with van der Waals surface area (Å²) in [5.41, 5.74) is 4.47. The number of aryl methyl sites for hydroxylation is 2. The van der Waals surface area contributed by atoms with Crippen LogP contribution < -0.4 is 5.56 Å². The second kappa shape index (κ2) is 5.53. The number of aromatic nitrogens is 1. The average molecular weight is 306 g/mol. The van der Waals surface area contributed by atoms with Gasteiger partial charge in [0.2, 0.25) is 0 Å². The van der Waals surface area contributed by atoms with Gasteiger partial charge < -0.3 is 4.57 Å². The number of pyridine rings is 1. The maximum atomic E-state index is 12.0. The molecular weight excluding hydrogens is 290 g/mol. The summed E-state index contributed by atoms with van der Waals surface area (Å²) in [6, 6.07) is 12.0. The summed E-state index contributed by atoms with van der Waals surface area (Å²) in [7, 11) is 0. The topological polar surface area (TPSA) is 22.0 Å². The molecule has 0 atom stereocenters. The lowest BCUT2D eigenvalue weighted by molar-refractivity contribution is 0.727. The molecule has 0 unspecified atom stereocenters. The Morgan fingerprint density at radius 2 is 1.72 bits per heavy atom. The van der Waals surface area contributed by atoms with E-state index in [-0.39, 0.29) is 5.56 Å². The van der Waals surface area contributed by atoms with Gasteiger partial charge in [-0.25, -0.2) is 0 Å². The summed E-state index contributed by atoms with van der Waals surface area (Å²) in [6.07, 6.45) is 0. The van der Waals surface area contributed by atoms with E-state index < -0.39 is 0 Å². The third-order valence-electron chi connectivity index (χ3n) is 3.01. The molecule has 1 heterocycles. The summed E-state index contributed by atoms with van der Waals surface area (Å²) in [5, 5.41) is 0.717. The predicted octanol–water partition coefficient (Wildman–Crippen LogP) is 3.41. The van der Waals surface area contributed by atoms with Crippen molar-refractivity contribution >= 4 is 15.9 Å². The molecule has 0 fully saturated rings. The van der Waals surface area contributed by atoms with Crippen LogP contribution in [0.4, 0.5) is 0 Å². The molecule has 2 aromatic rings. The molecule has 0 aliphatic heterocycles. The first-order chi connectivity index (χ1) is 8.60. The van der Waals surface area contributed by atoms with Crippen LogP contribution in [-0.2, 0) is 11.9 Å². The number of halogens is 1. The molecule has 0 saturated carbocycles. The number of hydrogen-bond donors (Lipinski definition) is 0. The molecule has 1 aromatic heterocycles. The van der Waals surface area contributed by atoms with Gasteiger partial charge in [0.15, 0.2) is 0 Å². The van der Waals surface area contributed by atoms with Gasteiger partial charge in [-0.05, 0) is 31.0 Å². The van der Waals surface area contributed by atoms with Crippen molar-refractivity contribution < 1.29 is 0 Å². The minimum atomic E-state index is 0.0602. The molecule has 0 amide bonds. The standard InChI is InChI=1S/C15H16BrNO/c1-11-3-5-13(6-4-11)10-17-12(2)7-14(9-16)8-15(17)18/h3-8H,9-10H2,1-2H3. The molecule has 0 N–H and O–H groups in total. The summed E-state index contributed by atoms with van der Waals surface area (Å²) >= 11 is 3.38. The Bertz CT molecular complexity index is 599. The van der Waals surface area contributed by atoms with Crippen molar-refractivity contribution in [1.29, 1.82) is 0 Å². The van der Waals surface area contributed by atoms with Crippen molar-refractivity contribution in [2.75, 3.05) is 0 Å². The van der Waals surface area contributed by atoms with Crippen LogP contribution in [0.25, 0.3) is 0 Å². The molecule has 3 heteroatoms. The molecule has 2 rings (SSSR count). The quantitative estimate of drug-likeness (QED) is 0.797. The smallest absolute Gasteiger partial charge is 0.251 e. The van der Waals surface area contributed by atoms with Crippen molar-refractivity contribution in [3.8, 4) is 0 Å². The van der Waals surface area contributed by atoms with Crippen LogP contribution in [0.5, 0.6) is 0 Å². The van der Waals surface area contributed by atoms with Crippen molar-refractivity contribution in [2.45, 2.75) is 25.7 Å². The molecule has 0 aliphatic rings. The van der Waals surface area contributed by atoms with Gasteiger partial charge in [-0.1, -0.05) is 45.8 Å². The van der Waals surface area contributed by atoms with E-state index in [2.05, 4.69) is 47.1 Å². The highest BCUT2D eigenvalue weighted by Crippen LogP contribution is 2.09. The van der Waals surface area contributed by atoms with Gasteiger partial charge in [-0.3, -0.25) is 4.79 Å². The second-order valence-corrected chi connectivity index (χ2v) is 5.11. The molecule has 94 valence electrons. The lowest BCUT2D eigenvalue weighted by atomic mass is 10.1. The SMILES string of the molecule is Cc1ccc(Cn2c(C)cc(CBr)cc2=O)cc1. The van der Waals surface area contributed by atoms with Crippen LogP contribution in [0.15, 0.2) is 41.2 Å². The van der Waals surface area contributed by atoms with E-state index in [9.17, 15) is 4.79 Å². The lowest BCUT2D eigenvalue weighted by Gasteiger charge is -2.11. The van der Waals surface area contributed by atoms with Gasteiger partial charge in [0.1, 0.15) is 0 Å². The molecule has 0 spiro atoms. The van der Waals surface area contributed by atoms with E-state index in [1.165, 1.54) is 5.56 Å². The van der Waals surface area contributed by atoms with Gasteiger partial charge in [-0.15, -0.1) is 0 Å². The number of hydrogen-bond acceptors (Lipinski definition) is 1. The Kier molecular flexibility index (Phi) is 4.02. The Morgan fingerprint density at radius 1 is 1.06 bits per heavy atom. The van der Waals surface area contributed by atoms with Gasteiger partial charge in [-0.2, -0.15) is 0 Å². The summed E-state index contributed by atoms with van der Waals surface area (Å²) in [4.78, 5) is 12.0.